The lowest BCUT2D eigenvalue weighted by atomic mass is 10.2. The van der Waals surface area contributed by atoms with E-state index in [-0.39, 0.29) is 0 Å². The van der Waals surface area contributed by atoms with Gasteiger partial charge in [-0.15, -0.1) is 0 Å². The molecule has 6 heteroatoms. The molecule has 2 heterocycles. The zero-order valence-electron chi connectivity index (χ0n) is 9.43. The van der Waals surface area contributed by atoms with Crippen molar-refractivity contribution in [2.75, 3.05) is 12.4 Å². The number of nitrogens with zero attached hydrogens (tertiary/aromatic N) is 2. The summed E-state index contributed by atoms with van der Waals surface area (Å²) in [6, 6.07) is 4.98. The number of carbonyl (C=O) groups is 1. The van der Waals surface area contributed by atoms with Gasteiger partial charge in [0.25, 0.3) is 0 Å². The Morgan fingerprint density at radius 2 is 2.35 bits per heavy atom. The number of hydrogen-bond acceptors (Lipinski definition) is 6. The minimum atomic E-state index is -0.458. The van der Waals surface area contributed by atoms with Crippen molar-refractivity contribution in [3.8, 4) is 0 Å². The normalized spacial score (nSPS) is 10.0. The van der Waals surface area contributed by atoms with Crippen LogP contribution < -0.4 is 5.32 Å². The Labute approximate surface area is 97.6 Å². The van der Waals surface area contributed by atoms with Crippen molar-refractivity contribution in [2.24, 2.45) is 0 Å². The quantitative estimate of drug-likeness (QED) is 0.816. The standard InChI is InChI=1S/C11H11N3O3/c1-7-6-9(14-17-7)13-10-8(11(15)16-2)4-3-5-12-10/h3-6H,1-2H3,(H,12,13,14). The van der Waals surface area contributed by atoms with E-state index in [9.17, 15) is 4.79 Å². The number of aromatic nitrogens is 2. The minimum absolute atomic E-state index is 0.343. The molecule has 2 rings (SSSR count). The van der Waals surface area contributed by atoms with Gasteiger partial charge in [0, 0.05) is 12.3 Å². The van der Waals surface area contributed by atoms with Crippen molar-refractivity contribution in [2.45, 2.75) is 6.92 Å². The van der Waals surface area contributed by atoms with E-state index >= 15 is 0 Å². The molecule has 6 nitrogen and oxygen atoms in total. The molecule has 0 spiro atoms. The van der Waals surface area contributed by atoms with Gasteiger partial charge >= 0.3 is 5.97 Å². The van der Waals surface area contributed by atoms with Gasteiger partial charge in [-0.25, -0.2) is 9.78 Å². The van der Waals surface area contributed by atoms with Crippen LogP contribution in [0.15, 0.2) is 28.9 Å². The predicted molar refractivity (Wildman–Crippen MR) is 60.1 cm³/mol. The fourth-order valence-electron chi connectivity index (χ4n) is 1.33. The molecule has 0 saturated carbocycles. The van der Waals surface area contributed by atoms with Crippen LogP contribution in [0.2, 0.25) is 0 Å². The Balaban J connectivity index is 2.29. The van der Waals surface area contributed by atoms with Gasteiger partial charge in [-0.05, 0) is 19.1 Å². The summed E-state index contributed by atoms with van der Waals surface area (Å²) in [5.74, 6) is 1.09. The van der Waals surface area contributed by atoms with Crippen LogP contribution >= 0.6 is 0 Å². The van der Waals surface area contributed by atoms with Crippen LogP contribution in [0.4, 0.5) is 11.6 Å². The molecule has 0 aromatic carbocycles. The van der Waals surface area contributed by atoms with Gasteiger partial charge in [0.15, 0.2) is 5.82 Å². The molecule has 1 N–H and O–H groups in total. The number of aryl methyl sites for hydroxylation is 1. The maximum atomic E-state index is 11.5. The molecule has 2 aromatic heterocycles. The SMILES string of the molecule is COC(=O)c1cccnc1Nc1cc(C)on1. The Bertz CT molecular complexity index is 536. The Morgan fingerprint density at radius 3 is 3.00 bits per heavy atom. The molecule has 2 aromatic rings. The first kappa shape index (κ1) is 11.1. The van der Waals surface area contributed by atoms with Gasteiger partial charge in [0.2, 0.25) is 0 Å². The largest absolute Gasteiger partial charge is 0.465 e. The second kappa shape index (κ2) is 4.65. The lowest BCUT2D eigenvalue weighted by Crippen LogP contribution is -2.07. The zero-order chi connectivity index (χ0) is 12.3. The van der Waals surface area contributed by atoms with Gasteiger partial charge in [-0.2, -0.15) is 0 Å². The highest BCUT2D eigenvalue weighted by atomic mass is 16.5. The van der Waals surface area contributed by atoms with Gasteiger partial charge < -0.3 is 14.6 Å². The minimum Gasteiger partial charge on any atom is -0.465 e. The molecular weight excluding hydrogens is 222 g/mol. The smallest absolute Gasteiger partial charge is 0.341 e. The molecule has 0 radical (unpaired) electrons. The molecule has 0 bridgehead atoms. The number of methoxy groups -OCH3 is 1. The van der Waals surface area contributed by atoms with Crippen molar-refractivity contribution in [1.29, 1.82) is 0 Å². The van der Waals surface area contributed by atoms with Gasteiger partial charge in [0.05, 0.1) is 7.11 Å². The molecule has 17 heavy (non-hydrogen) atoms. The lowest BCUT2D eigenvalue weighted by molar-refractivity contribution is 0.0601. The fraction of sp³-hybridized carbons (Fsp3) is 0.182. The first-order valence-corrected chi connectivity index (χ1v) is 4.94. The van der Waals surface area contributed by atoms with Gasteiger partial charge in [0.1, 0.15) is 17.1 Å². The number of rotatable bonds is 3. The molecule has 88 valence electrons. The van der Waals surface area contributed by atoms with Crippen molar-refractivity contribution in [3.63, 3.8) is 0 Å². The van der Waals surface area contributed by atoms with Crippen LogP contribution in [0.25, 0.3) is 0 Å². The second-order valence-corrected chi connectivity index (χ2v) is 3.34. The van der Waals surface area contributed by atoms with Crippen LogP contribution in [-0.2, 0) is 4.74 Å². The van der Waals surface area contributed by atoms with E-state index in [0.717, 1.165) is 0 Å². The van der Waals surface area contributed by atoms with E-state index in [1.807, 2.05) is 0 Å². The van der Waals surface area contributed by atoms with Crippen molar-refractivity contribution >= 4 is 17.6 Å². The highest BCUT2D eigenvalue weighted by molar-refractivity contribution is 5.95. The summed E-state index contributed by atoms with van der Waals surface area (Å²) in [6.07, 6.45) is 1.57. The first-order valence-electron chi connectivity index (χ1n) is 4.94. The second-order valence-electron chi connectivity index (χ2n) is 3.34. The molecule has 0 saturated heterocycles. The molecule has 0 fully saturated rings. The van der Waals surface area contributed by atoms with E-state index in [1.165, 1.54) is 7.11 Å². The summed E-state index contributed by atoms with van der Waals surface area (Å²) in [4.78, 5) is 15.5. The molecule has 0 aliphatic heterocycles. The average Bonchev–Trinajstić information content (AvgIpc) is 2.74. The highest BCUT2D eigenvalue weighted by Crippen LogP contribution is 2.18. The number of nitrogens with one attached hydrogen (secondary N) is 1. The Morgan fingerprint density at radius 1 is 1.53 bits per heavy atom. The summed E-state index contributed by atoms with van der Waals surface area (Å²) >= 11 is 0. The highest BCUT2D eigenvalue weighted by Gasteiger charge is 2.13. The van der Waals surface area contributed by atoms with E-state index in [1.54, 1.807) is 31.3 Å². The molecule has 0 aliphatic rings. The molecule has 0 atom stereocenters. The maximum Gasteiger partial charge on any atom is 0.341 e. The maximum absolute atomic E-state index is 11.5. The summed E-state index contributed by atoms with van der Waals surface area (Å²) in [7, 11) is 1.32. The van der Waals surface area contributed by atoms with Gasteiger partial charge in [-0.1, -0.05) is 5.16 Å². The third-order valence-corrected chi connectivity index (χ3v) is 2.09. The number of anilines is 2. The zero-order valence-corrected chi connectivity index (χ0v) is 9.43. The molecule has 0 aliphatic carbocycles. The fourth-order valence-corrected chi connectivity index (χ4v) is 1.33. The van der Waals surface area contributed by atoms with Crippen molar-refractivity contribution in [3.05, 3.63) is 35.7 Å². The van der Waals surface area contributed by atoms with Gasteiger partial charge in [-0.3, -0.25) is 0 Å². The number of esters is 1. The third kappa shape index (κ3) is 2.41. The predicted octanol–water partition coefficient (Wildman–Crippen LogP) is 1.91. The monoisotopic (exact) mass is 233 g/mol. The number of carbonyl (C=O) groups excluding carboxylic acids is 1. The number of ether oxygens (including phenoxy) is 1. The van der Waals surface area contributed by atoms with Crippen molar-refractivity contribution in [1.82, 2.24) is 10.1 Å². The topological polar surface area (TPSA) is 77.2 Å². The van der Waals surface area contributed by atoms with Crippen LogP contribution in [-0.4, -0.2) is 23.2 Å². The van der Waals surface area contributed by atoms with E-state index in [0.29, 0.717) is 23.0 Å². The molecular formula is C11H11N3O3. The van der Waals surface area contributed by atoms with Crippen LogP contribution in [0.1, 0.15) is 16.1 Å². The average molecular weight is 233 g/mol. The van der Waals surface area contributed by atoms with Crippen LogP contribution in [0.3, 0.4) is 0 Å². The van der Waals surface area contributed by atoms with Crippen molar-refractivity contribution < 1.29 is 14.1 Å². The number of hydrogen-bond donors (Lipinski definition) is 1. The molecule has 0 unspecified atom stereocenters. The lowest BCUT2D eigenvalue weighted by Gasteiger charge is -2.06. The van der Waals surface area contributed by atoms with Crippen LogP contribution in [0, 0.1) is 6.92 Å². The third-order valence-electron chi connectivity index (χ3n) is 2.09. The van der Waals surface area contributed by atoms with E-state index in [2.05, 4.69) is 20.2 Å². The van der Waals surface area contributed by atoms with E-state index in [4.69, 9.17) is 4.52 Å². The summed E-state index contributed by atoms with van der Waals surface area (Å²) in [5.41, 5.74) is 0.343. The van der Waals surface area contributed by atoms with Crippen LogP contribution in [0.5, 0.6) is 0 Å². The van der Waals surface area contributed by atoms with E-state index < -0.39 is 5.97 Å². The Hall–Kier alpha value is -2.37. The Kier molecular flexibility index (Phi) is 3.04. The number of pyridine rings is 1. The molecule has 0 amide bonds. The summed E-state index contributed by atoms with van der Waals surface area (Å²) in [5, 5.41) is 6.65. The summed E-state index contributed by atoms with van der Waals surface area (Å²) < 4.78 is 9.56. The summed E-state index contributed by atoms with van der Waals surface area (Å²) in [6.45, 7) is 1.78. The first-order chi connectivity index (χ1) is 8.20.